The van der Waals surface area contributed by atoms with E-state index in [0.717, 1.165) is 5.56 Å². The van der Waals surface area contributed by atoms with Crippen molar-refractivity contribution in [2.24, 2.45) is 5.92 Å². The molecule has 0 saturated heterocycles. The molecule has 2 aromatic rings. The van der Waals surface area contributed by atoms with Gasteiger partial charge < -0.3 is 0 Å². The van der Waals surface area contributed by atoms with E-state index in [0.29, 0.717) is 11.1 Å². The molecule has 0 fully saturated rings. The van der Waals surface area contributed by atoms with Gasteiger partial charge in [0.15, 0.2) is 11.6 Å². The van der Waals surface area contributed by atoms with Crippen LogP contribution in [0.1, 0.15) is 46.0 Å². The molecule has 0 spiro atoms. The van der Waals surface area contributed by atoms with Crippen molar-refractivity contribution in [3.8, 4) is 0 Å². The van der Waals surface area contributed by atoms with Crippen LogP contribution in [0.4, 0.5) is 0 Å². The number of hydrogen-bond acceptors (Lipinski definition) is 3. The number of carbonyl (C=O) groups excluding carboxylic acids is 3. The molecule has 0 aliphatic rings. The number of Topliss-reactive ketones (excluding diaryl/α,β-unsaturated/α-hetero) is 3. The predicted octanol–water partition coefficient (Wildman–Crippen LogP) is 4.25. The van der Waals surface area contributed by atoms with Crippen molar-refractivity contribution in [2.75, 3.05) is 0 Å². The maximum Gasteiger partial charge on any atom is 0.174 e. The zero-order chi connectivity index (χ0) is 17.7. The average Bonchev–Trinajstić information content (AvgIpc) is 2.59. The molecule has 0 bridgehead atoms. The van der Waals surface area contributed by atoms with Gasteiger partial charge in [-0.25, -0.2) is 0 Å². The highest BCUT2D eigenvalue weighted by Crippen LogP contribution is 2.30. The standard InChI is InChI=1S/C21H20O3/c1-4-19(17-12-10-16(11-13-17)14(2)22)20(15(3)23)21(24)18-8-6-5-7-9-18/h4-13,19-20H,1H2,2-3H3/t19-,20-/m1/s1. The summed E-state index contributed by atoms with van der Waals surface area (Å²) in [6.45, 7) is 6.72. The molecule has 2 rings (SSSR count). The summed E-state index contributed by atoms with van der Waals surface area (Å²) in [6, 6.07) is 15.7. The Bertz CT molecular complexity index is 757. The number of carbonyl (C=O) groups is 3. The third kappa shape index (κ3) is 3.74. The summed E-state index contributed by atoms with van der Waals surface area (Å²) in [6.07, 6.45) is 1.62. The molecular weight excluding hydrogens is 300 g/mol. The lowest BCUT2D eigenvalue weighted by molar-refractivity contribution is -0.119. The number of rotatable bonds is 7. The molecular formula is C21H20O3. The Morgan fingerprint density at radius 2 is 1.46 bits per heavy atom. The Hall–Kier alpha value is -2.81. The van der Waals surface area contributed by atoms with Gasteiger partial charge in [0, 0.05) is 17.0 Å². The Morgan fingerprint density at radius 3 is 1.92 bits per heavy atom. The molecule has 0 heterocycles. The molecule has 0 aliphatic carbocycles. The minimum atomic E-state index is -0.826. The highest BCUT2D eigenvalue weighted by molar-refractivity contribution is 6.11. The average molecular weight is 320 g/mol. The van der Waals surface area contributed by atoms with Crippen LogP contribution in [0.15, 0.2) is 67.3 Å². The highest BCUT2D eigenvalue weighted by atomic mass is 16.2. The summed E-state index contributed by atoms with van der Waals surface area (Å²) in [5.41, 5.74) is 1.89. The molecule has 3 heteroatoms. The van der Waals surface area contributed by atoms with Gasteiger partial charge in [0.1, 0.15) is 5.78 Å². The second-order valence-corrected chi connectivity index (χ2v) is 5.76. The first-order chi connectivity index (χ1) is 11.5. The van der Waals surface area contributed by atoms with E-state index < -0.39 is 11.8 Å². The lowest BCUT2D eigenvalue weighted by Crippen LogP contribution is -2.28. The first kappa shape index (κ1) is 17.5. The smallest absolute Gasteiger partial charge is 0.174 e. The summed E-state index contributed by atoms with van der Waals surface area (Å²) >= 11 is 0. The lowest BCUT2D eigenvalue weighted by Gasteiger charge is -2.22. The third-order valence-electron chi connectivity index (χ3n) is 4.09. The van der Waals surface area contributed by atoms with Crippen LogP contribution >= 0.6 is 0 Å². The molecule has 0 N–H and O–H groups in total. The van der Waals surface area contributed by atoms with Gasteiger partial charge in [0.05, 0.1) is 5.92 Å². The van der Waals surface area contributed by atoms with Crippen LogP contribution in [-0.4, -0.2) is 17.3 Å². The summed E-state index contributed by atoms with van der Waals surface area (Å²) < 4.78 is 0. The number of benzene rings is 2. The van der Waals surface area contributed by atoms with Crippen molar-refractivity contribution in [1.82, 2.24) is 0 Å². The molecule has 0 radical (unpaired) electrons. The fourth-order valence-corrected chi connectivity index (χ4v) is 2.79. The number of hydrogen-bond donors (Lipinski definition) is 0. The molecule has 24 heavy (non-hydrogen) atoms. The van der Waals surface area contributed by atoms with Crippen molar-refractivity contribution >= 4 is 17.3 Å². The van der Waals surface area contributed by atoms with Crippen molar-refractivity contribution in [3.63, 3.8) is 0 Å². The van der Waals surface area contributed by atoms with E-state index in [1.165, 1.54) is 13.8 Å². The summed E-state index contributed by atoms with van der Waals surface area (Å²) in [5, 5.41) is 0. The summed E-state index contributed by atoms with van der Waals surface area (Å²) in [7, 11) is 0. The molecule has 0 unspecified atom stereocenters. The van der Waals surface area contributed by atoms with E-state index in [-0.39, 0.29) is 17.3 Å². The van der Waals surface area contributed by atoms with Gasteiger partial charge in [-0.05, 0) is 19.4 Å². The van der Waals surface area contributed by atoms with Gasteiger partial charge in [-0.1, -0.05) is 60.7 Å². The third-order valence-corrected chi connectivity index (χ3v) is 4.09. The van der Waals surface area contributed by atoms with Gasteiger partial charge in [-0.2, -0.15) is 0 Å². The quantitative estimate of drug-likeness (QED) is 0.435. The van der Waals surface area contributed by atoms with Crippen LogP contribution in [0, 0.1) is 5.92 Å². The maximum absolute atomic E-state index is 12.8. The molecule has 0 aliphatic heterocycles. The topological polar surface area (TPSA) is 51.2 Å². The summed E-state index contributed by atoms with van der Waals surface area (Å²) in [5.74, 6) is -1.71. The van der Waals surface area contributed by atoms with Crippen LogP contribution in [0.25, 0.3) is 0 Å². The van der Waals surface area contributed by atoms with Gasteiger partial charge >= 0.3 is 0 Å². The predicted molar refractivity (Wildman–Crippen MR) is 94.3 cm³/mol. The Balaban J connectivity index is 2.40. The molecule has 0 aromatic heterocycles. The monoisotopic (exact) mass is 320 g/mol. The van der Waals surface area contributed by atoms with Crippen LogP contribution in [0.3, 0.4) is 0 Å². The minimum absolute atomic E-state index is 0.0276. The molecule has 0 saturated carbocycles. The lowest BCUT2D eigenvalue weighted by atomic mass is 9.79. The zero-order valence-corrected chi connectivity index (χ0v) is 13.9. The first-order valence-corrected chi connectivity index (χ1v) is 7.79. The van der Waals surface area contributed by atoms with Gasteiger partial charge in [-0.15, -0.1) is 6.58 Å². The molecule has 2 aromatic carbocycles. The Kier molecular flexibility index (Phi) is 5.59. The second kappa shape index (κ2) is 7.64. The van der Waals surface area contributed by atoms with Gasteiger partial charge in [-0.3, -0.25) is 14.4 Å². The molecule has 2 atom stereocenters. The Labute approximate surface area is 142 Å². The maximum atomic E-state index is 12.8. The van der Waals surface area contributed by atoms with Crippen molar-refractivity contribution in [1.29, 1.82) is 0 Å². The molecule has 0 amide bonds. The van der Waals surface area contributed by atoms with Gasteiger partial charge in [0.2, 0.25) is 0 Å². The SMILES string of the molecule is C=C[C@H](c1ccc(C(C)=O)cc1)[C@@H](C(C)=O)C(=O)c1ccccc1. The minimum Gasteiger partial charge on any atom is -0.299 e. The van der Waals surface area contributed by atoms with Gasteiger partial charge in [0.25, 0.3) is 0 Å². The summed E-state index contributed by atoms with van der Waals surface area (Å²) in [4.78, 5) is 36.4. The molecule has 3 nitrogen and oxygen atoms in total. The first-order valence-electron chi connectivity index (χ1n) is 7.79. The Morgan fingerprint density at radius 1 is 0.875 bits per heavy atom. The highest BCUT2D eigenvalue weighted by Gasteiger charge is 2.32. The van der Waals surface area contributed by atoms with E-state index in [1.807, 2.05) is 6.07 Å². The van der Waals surface area contributed by atoms with E-state index in [9.17, 15) is 14.4 Å². The molecule has 122 valence electrons. The van der Waals surface area contributed by atoms with E-state index >= 15 is 0 Å². The van der Waals surface area contributed by atoms with E-state index in [2.05, 4.69) is 6.58 Å². The second-order valence-electron chi connectivity index (χ2n) is 5.76. The van der Waals surface area contributed by atoms with Crippen LogP contribution in [0.2, 0.25) is 0 Å². The van der Waals surface area contributed by atoms with Crippen molar-refractivity contribution in [2.45, 2.75) is 19.8 Å². The zero-order valence-electron chi connectivity index (χ0n) is 13.9. The van der Waals surface area contributed by atoms with E-state index in [4.69, 9.17) is 0 Å². The van der Waals surface area contributed by atoms with E-state index in [1.54, 1.807) is 54.6 Å². The number of allylic oxidation sites excluding steroid dienone is 1. The van der Waals surface area contributed by atoms with Crippen LogP contribution in [0.5, 0.6) is 0 Å². The fraction of sp³-hybridized carbons (Fsp3) is 0.190. The van der Waals surface area contributed by atoms with Crippen LogP contribution in [-0.2, 0) is 4.79 Å². The normalized spacial score (nSPS) is 12.9. The van der Waals surface area contributed by atoms with Crippen LogP contribution < -0.4 is 0 Å². The number of ketones is 3. The van der Waals surface area contributed by atoms with Crippen molar-refractivity contribution < 1.29 is 14.4 Å². The fourth-order valence-electron chi connectivity index (χ4n) is 2.79. The van der Waals surface area contributed by atoms with Crippen molar-refractivity contribution in [3.05, 3.63) is 83.9 Å². The largest absolute Gasteiger partial charge is 0.299 e.